The van der Waals surface area contributed by atoms with Gasteiger partial charge in [-0.2, -0.15) is 0 Å². The van der Waals surface area contributed by atoms with E-state index in [2.05, 4.69) is 28.3 Å². The summed E-state index contributed by atoms with van der Waals surface area (Å²) in [6.07, 6.45) is 5.74. The second kappa shape index (κ2) is 5.87. The molecular formula is C17H16FN3. The van der Waals surface area contributed by atoms with Crippen molar-refractivity contribution in [1.29, 1.82) is 0 Å². The SMILES string of the molecule is CCC(Nc1cccc2ccncc12)c1ccc(F)cn1. The molecule has 1 unspecified atom stereocenters. The molecular weight excluding hydrogens is 265 g/mol. The fourth-order valence-electron chi connectivity index (χ4n) is 2.41. The van der Waals surface area contributed by atoms with Crippen molar-refractivity contribution in [3.05, 3.63) is 66.5 Å². The van der Waals surface area contributed by atoms with Crippen molar-refractivity contribution in [2.24, 2.45) is 0 Å². The lowest BCUT2D eigenvalue weighted by Gasteiger charge is -2.19. The van der Waals surface area contributed by atoms with Gasteiger partial charge in [-0.3, -0.25) is 9.97 Å². The van der Waals surface area contributed by atoms with Crippen LogP contribution in [0.15, 0.2) is 55.0 Å². The van der Waals surface area contributed by atoms with E-state index in [1.54, 1.807) is 12.3 Å². The summed E-state index contributed by atoms with van der Waals surface area (Å²) in [7, 11) is 0. The van der Waals surface area contributed by atoms with Crippen molar-refractivity contribution >= 4 is 16.5 Å². The van der Waals surface area contributed by atoms with Crippen LogP contribution in [0.5, 0.6) is 0 Å². The molecule has 0 amide bonds. The minimum Gasteiger partial charge on any atom is -0.376 e. The third-order valence-corrected chi connectivity index (χ3v) is 3.53. The number of benzene rings is 1. The van der Waals surface area contributed by atoms with E-state index in [-0.39, 0.29) is 11.9 Å². The van der Waals surface area contributed by atoms with E-state index in [4.69, 9.17) is 0 Å². The van der Waals surface area contributed by atoms with Crippen LogP contribution >= 0.6 is 0 Å². The number of nitrogens with one attached hydrogen (secondary N) is 1. The normalized spacial score (nSPS) is 12.3. The van der Waals surface area contributed by atoms with Gasteiger partial charge in [0.15, 0.2) is 0 Å². The minimum absolute atomic E-state index is 0.0383. The number of nitrogens with zero attached hydrogens (tertiary/aromatic N) is 2. The van der Waals surface area contributed by atoms with Gasteiger partial charge in [0, 0.05) is 23.5 Å². The van der Waals surface area contributed by atoms with Gasteiger partial charge in [-0.05, 0) is 36.1 Å². The van der Waals surface area contributed by atoms with E-state index in [0.29, 0.717) is 0 Å². The summed E-state index contributed by atoms with van der Waals surface area (Å²) in [6.45, 7) is 2.08. The van der Waals surface area contributed by atoms with Gasteiger partial charge >= 0.3 is 0 Å². The molecule has 0 radical (unpaired) electrons. The Hall–Kier alpha value is -2.49. The summed E-state index contributed by atoms with van der Waals surface area (Å²) < 4.78 is 13.0. The predicted molar refractivity (Wildman–Crippen MR) is 82.6 cm³/mol. The lowest BCUT2D eigenvalue weighted by atomic mass is 10.1. The molecule has 3 rings (SSSR count). The van der Waals surface area contributed by atoms with Gasteiger partial charge in [-0.25, -0.2) is 4.39 Å². The van der Waals surface area contributed by atoms with Crippen LogP contribution in [0.1, 0.15) is 25.1 Å². The van der Waals surface area contributed by atoms with Crippen molar-refractivity contribution in [3.8, 4) is 0 Å². The van der Waals surface area contributed by atoms with E-state index < -0.39 is 0 Å². The highest BCUT2D eigenvalue weighted by atomic mass is 19.1. The van der Waals surface area contributed by atoms with Gasteiger partial charge in [0.1, 0.15) is 5.82 Å². The number of rotatable bonds is 4. The lowest BCUT2D eigenvalue weighted by molar-refractivity contribution is 0.614. The number of anilines is 1. The maximum Gasteiger partial charge on any atom is 0.141 e. The smallest absolute Gasteiger partial charge is 0.141 e. The molecule has 2 heterocycles. The first-order chi connectivity index (χ1) is 10.3. The highest BCUT2D eigenvalue weighted by Gasteiger charge is 2.12. The standard InChI is InChI=1S/C17H16FN3/c1-2-15(17-7-6-13(18)10-20-17)21-16-5-3-4-12-8-9-19-11-14(12)16/h3-11,15,21H,2H2,1H3. The first-order valence-corrected chi connectivity index (χ1v) is 6.98. The molecule has 0 saturated heterocycles. The van der Waals surface area contributed by atoms with Crippen LogP contribution in [0.4, 0.5) is 10.1 Å². The Labute approximate surface area is 122 Å². The molecule has 3 aromatic rings. The van der Waals surface area contributed by atoms with Gasteiger partial charge in [0.2, 0.25) is 0 Å². The third kappa shape index (κ3) is 2.84. The average molecular weight is 281 g/mol. The summed E-state index contributed by atoms with van der Waals surface area (Å²) in [5.74, 6) is -0.317. The Bertz CT molecular complexity index is 735. The van der Waals surface area contributed by atoms with E-state index in [9.17, 15) is 4.39 Å². The molecule has 21 heavy (non-hydrogen) atoms. The van der Waals surface area contributed by atoms with E-state index in [1.165, 1.54) is 12.3 Å². The molecule has 1 N–H and O–H groups in total. The zero-order chi connectivity index (χ0) is 14.7. The molecule has 3 nitrogen and oxygen atoms in total. The molecule has 0 saturated carbocycles. The Kier molecular flexibility index (Phi) is 3.77. The number of hydrogen-bond acceptors (Lipinski definition) is 3. The van der Waals surface area contributed by atoms with Crippen LogP contribution in [0.2, 0.25) is 0 Å². The topological polar surface area (TPSA) is 37.8 Å². The van der Waals surface area contributed by atoms with Gasteiger partial charge in [-0.15, -0.1) is 0 Å². The quantitative estimate of drug-likeness (QED) is 0.773. The van der Waals surface area contributed by atoms with Crippen molar-refractivity contribution < 1.29 is 4.39 Å². The maximum absolute atomic E-state index is 13.0. The van der Waals surface area contributed by atoms with Gasteiger partial charge in [-0.1, -0.05) is 19.1 Å². The highest BCUT2D eigenvalue weighted by Crippen LogP contribution is 2.27. The summed E-state index contributed by atoms with van der Waals surface area (Å²) in [5.41, 5.74) is 1.85. The summed E-state index contributed by atoms with van der Waals surface area (Å²) >= 11 is 0. The van der Waals surface area contributed by atoms with Crippen molar-refractivity contribution in [2.45, 2.75) is 19.4 Å². The molecule has 0 aliphatic rings. The van der Waals surface area contributed by atoms with E-state index >= 15 is 0 Å². The molecule has 0 aliphatic carbocycles. The molecule has 106 valence electrons. The minimum atomic E-state index is -0.317. The van der Waals surface area contributed by atoms with Crippen LogP contribution in [-0.2, 0) is 0 Å². The van der Waals surface area contributed by atoms with Crippen LogP contribution in [0, 0.1) is 5.82 Å². The highest BCUT2D eigenvalue weighted by molar-refractivity contribution is 5.93. The first kappa shape index (κ1) is 13.5. The third-order valence-electron chi connectivity index (χ3n) is 3.53. The zero-order valence-electron chi connectivity index (χ0n) is 11.8. The van der Waals surface area contributed by atoms with E-state index in [0.717, 1.165) is 28.6 Å². The largest absolute Gasteiger partial charge is 0.376 e. The monoisotopic (exact) mass is 281 g/mol. The second-order valence-corrected chi connectivity index (χ2v) is 4.91. The molecule has 0 bridgehead atoms. The van der Waals surface area contributed by atoms with E-state index in [1.807, 2.05) is 24.4 Å². The number of pyridine rings is 2. The molecule has 2 aromatic heterocycles. The van der Waals surface area contributed by atoms with Crippen LogP contribution in [0.3, 0.4) is 0 Å². The zero-order valence-corrected chi connectivity index (χ0v) is 11.8. The molecule has 0 aliphatic heterocycles. The Balaban J connectivity index is 1.94. The number of aromatic nitrogens is 2. The fourth-order valence-corrected chi connectivity index (χ4v) is 2.41. The van der Waals surface area contributed by atoms with Crippen molar-refractivity contribution in [3.63, 3.8) is 0 Å². The lowest BCUT2D eigenvalue weighted by Crippen LogP contribution is -2.11. The summed E-state index contributed by atoms with van der Waals surface area (Å²) in [4.78, 5) is 8.36. The molecule has 0 fully saturated rings. The van der Waals surface area contributed by atoms with Crippen LogP contribution < -0.4 is 5.32 Å². The Morgan fingerprint density at radius 2 is 2.05 bits per heavy atom. The first-order valence-electron chi connectivity index (χ1n) is 6.98. The fraction of sp³-hybridized carbons (Fsp3) is 0.176. The maximum atomic E-state index is 13.0. The van der Waals surface area contributed by atoms with Gasteiger partial charge in [0.25, 0.3) is 0 Å². The van der Waals surface area contributed by atoms with Gasteiger partial charge < -0.3 is 5.32 Å². The Morgan fingerprint density at radius 1 is 1.14 bits per heavy atom. The molecule has 4 heteroatoms. The molecule has 1 atom stereocenters. The van der Waals surface area contributed by atoms with Gasteiger partial charge in [0.05, 0.1) is 17.9 Å². The van der Waals surface area contributed by atoms with Crippen molar-refractivity contribution in [2.75, 3.05) is 5.32 Å². The molecule has 0 spiro atoms. The van der Waals surface area contributed by atoms with Crippen molar-refractivity contribution in [1.82, 2.24) is 9.97 Å². The Morgan fingerprint density at radius 3 is 2.81 bits per heavy atom. The number of hydrogen-bond donors (Lipinski definition) is 1. The molecule has 1 aromatic carbocycles. The number of fused-ring (bicyclic) bond motifs is 1. The second-order valence-electron chi connectivity index (χ2n) is 4.91. The average Bonchev–Trinajstić information content (AvgIpc) is 2.54. The summed E-state index contributed by atoms with van der Waals surface area (Å²) in [6, 6.07) is 11.3. The number of halogens is 1. The van der Waals surface area contributed by atoms with Crippen LogP contribution in [-0.4, -0.2) is 9.97 Å². The predicted octanol–water partition coefficient (Wildman–Crippen LogP) is 4.33. The van der Waals surface area contributed by atoms with Crippen LogP contribution in [0.25, 0.3) is 10.8 Å². The summed E-state index contributed by atoms with van der Waals surface area (Å²) in [5, 5.41) is 5.69.